The first kappa shape index (κ1) is 16.9. The van der Waals surface area contributed by atoms with E-state index in [0.29, 0.717) is 17.8 Å². The number of carbonyl (C=O) groups is 2. The van der Waals surface area contributed by atoms with Gasteiger partial charge in [-0.1, -0.05) is 24.3 Å². The van der Waals surface area contributed by atoms with Crippen molar-refractivity contribution in [2.45, 2.75) is 6.42 Å². The van der Waals surface area contributed by atoms with Gasteiger partial charge in [-0.05, 0) is 35.6 Å². The van der Waals surface area contributed by atoms with Crippen molar-refractivity contribution < 1.29 is 9.59 Å². The molecule has 0 fully saturated rings. The minimum Gasteiger partial charge on any atom is -0.354 e. The van der Waals surface area contributed by atoms with Gasteiger partial charge >= 0.3 is 0 Å². The van der Waals surface area contributed by atoms with Crippen LogP contribution in [0, 0.1) is 0 Å². The number of nitrogens with zero attached hydrogens (tertiary/aromatic N) is 2. The Morgan fingerprint density at radius 2 is 1.92 bits per heavy atom. The Morgan fingerprint density at radius 1 is 1.08 bits per heavy atom. The second-order valence-corrected chi connectivity index (χ2v) is 6.34. The SMILES string of the molecule is O=C(CNC(=O)c1cccs1)NCCc1cnn(-c2ccccc2)c1. The highest BCUT2D eigenvalue weighted by atomic mass is 32.1. The Kier molecular flexibility index (Phi) is 5.58. The maximum absolute atomic E-state index is 11.8. The fraction of sp³-hybridized carbons (Fsp3) is 0.167. The number of aromatic nitrogens is 2. The molecule has 0 spiro atoms. The number of para-hydroxylation sites is 1. The number of rotatable bonds is 7. The number of nitrogens with one attached hydrogen (secondary N) is 2. The van der Waals surface area contributed by atoms with Gasteiger partial charge in [-0.25, -0.2) is 4.68 Å². The molecule has 128 valence electrons. The second-order valence-electron chi connectivity index (χ2n) is 5.39. The molecule has 0 saturated carbocycles. The van der Waals surface area contributed by atoms with E-state index in [1.54, 1.807) is 23.0 Å². The molecule has 3 aromatic rings. The smallest absolute Gasteiger partial charge is 0.261 e. The summed E-state index contributed by atoms with van der Waals surface area (Å²) in [5.41, 5.74) is 2.03. The molecule has 2 aromatic heterocycles. The van der Waals surface area contributed by atoms with E-state index in [1.807, 2.05) is 41.9 Å². The molecule has 1 aromatic carbocycles. The van der Waals surface area contributed by atoms with Crippen LogP contribution in [0.25, 0.3) is 5.69 Å². The van der Waals surface area contributed by atoms with Crippen molar-refractivity contribution in [3.8, 4) is 5.69 Å². The summed E-state index contributed by atoms with van der Waals surface area (Å²) in [5, 5.41) is 11.5. The largest absolute Gasteiger partial charge is 0.354 e. The lowest BCUT2D eigenvalue weighted by atomic mass is 10.2. The molecule has 0 aliphatic rings. The summed E-state index contributed by atoms with van der Waals surface area (Å²) >= 11 is 1.35. The van der Waals surface area contributed by atoms with Gasteiger partial charge in [-0.2, -0.15) is 5.10 Å². The van der Waals surface area contributed by atoms with Crippen LogP contribution in [0.2, 0.25) is 0 Å². The minimum atomic E-state index is -0.228. The molecule has 0 unspecified atom stereocenters. The van der Waals surface area contributed by atoms with Crippen molar-refractivity contribution in [2.75, 3.05) is 13.1 Å². The third-order valence-corrected chi connectivity index (χ3v) is 4.42. The molecule has 0 atom stereocenters. The quantitative estimate of drug-likeness (QED) is 0.682. The van der Waals surface area contributed by atoms with Crippen molar-refractivity contribution in [1.82, 2.24) is 20.4 Å². The van der Waals surface area contributed by atoms with E-state index in [-0.39, 0.29) is 18.4 Å². The average molecular weight is 354 g/mol. The van der Waals surface area contributed by atoms with E-state index >= 15 is 0 Å². The van der Waals surface area contributed by atoms with Crippen LogP contribution in [0.4, 0.5) is 0 Å². The van der Waals surface area contributed by atoms with Crippen LogP contribution < -0.4 is 10.6 Å². The summed E-state index contributed by atoms with van der Waals surface area (Å²) in [6, 6.07) is 13.4. The maximum Gasteiger partial charge on any atom is 0.261 e. The zero-order chi connectivity index (χ0) is 17.5. The molecule has 0 bridgehead atoms. The van der Waals surface area contributed by atoms with E-state index in [1.165, 1.54) is 11.3 Å². The van der Waals surface area contributed by atoms with Gasteiger partial charge in [0.1, 0.15) is 0 Å². The fourth-order valence-electron chi connectivity index (χ4n) is 2.28. The van der Waals surface area contributed by atoms with Gasteiger partial charge < -0.3 is 10.6 Å². The third kappa shape index (κ3) is 4.77. The lowest BCUT2D eigenvalue weighted by molar-refractivity contribution is -0.120. The predicted octanol–water partition coefficient (Wildman–Crippen LogP) is 2.02. The van der Waals surface area contributed by atoms with E-state index in [0.717, 1.165) is 11.3 Å². The molecular formula is C18H18N4O2S. The minimum absolute atomic E-state index is 0.0278. The molecule has 0 aliphatic heterocycles. The topological polar surface area (TPSA) is 76.0 Å². The predicted molar refractivity (Wildman–Crippen MR) is 96.9 cm³/mol. The standard InChI is InChI=1S/C18H18N4O2S/c23-17(12-20-18(24)16-7-4-10-25-16)19-9-8-14-11-21-22(13-14)15-5-2-1-3-6-15/h1-7,10-11,13H,8-9,12H2,(H,19,23)(H,20,24). The van der Waals surface area contributed by atoms with Gasteiger partial charge in [-0.3, -0.25) is 9.59 Å². The van der Waals surface area contributed by atoms with Gasteiger partial charge in [0, 0.05) is 12.7 Å². The van der Waals surface area contributed by atoms with Crippen LogP contribution in [0.1, 0.15) is 15.2 Å². The molecule has 3 rings (SSSR count). The molecule has 0 aliphatic carbocycles. The summed E-state index contributed by atoms with van der Waals surface area (Å²) in [6.07, 6.45) is 4.41. The zero-order valence-electron chi connectivity index (χ0n) is 13.5. The highest BCUT2D eigenvalue weighted by Gasteiger charge is 2.08. The van der Waals surface area contributed by atoms with E-state index in [2.05, 4.69) is 15.7 Å². The van der Waals surface area contributed by atoms with Crippen LogP contribution in [0.15, 0.2) is 60.2 Å². The average Bonchev–Trinajstić information content (AvgIpc) is 3.32. The van der Waals surface area contributed by atoms with Crippen LogP contribution in [0.5, 0.6) is 0 Å². The van der Waals surface area contributed by atoms with Crippen molar-refractivity contribution in [2.24, 2.45) is 0 Å². The monoisotopic (exact) mass is 354 g/mol. The summed E-state index contributed by atoms with van der Waals surface area (Å²) in [6.45, 7) is 0.466. The van der Waals surface area contributed by atoms with Crippen LogP contribution in [-0.4, -0.2) is 34.7 Å². The van der Waals surface area contributed by atoms with Crippen molar-refractivity contribution >= 4 is 23.2 Å². The first-order valence-corrected chi connectivity index (χ1v) is 8.78. The van der Waals surface area contributed by atoms with Crippen LogP contribution in [-0.2, 0) is 11.2 Å². The Balaban J connectivity index is 1.40. The summed E-state index contributed by atoms with van der Waals surface area (Å²) < 4.78 is 1.80. The Labute approximate surface area is 149 Å². The highest BCUT2D eigenvalue weighted by Crippen LogP contribution is 2.08. The number of thiophene rings is 1. The Morgan fingerprint density at radius 3 is 2.68 bits per heavy atom. The van der Waals surface area contributed by atoms with Gasteiger partial charge in [0.2, 0.25) is 5.91 Å². The fourth-order valence-corrected chi connectivity index (χ4v) is 2.92. The Hall–Kier alpha value is -2.93. The van der Waals surface area contributed by atoms with Crippen molar-refractivity contribution in [3.05, 3.63) is 70.7 Å². The molecule has 7 heteroatoms. The summed E-state index contributed by atoms with van der Waals surface area (Å²) in [5.74, 6) is -0.436. The summed E-state index contributed by atoms with van der Waals surface area (Å²) in [7, 11) is 0. The van der Waals surface area contributed by atoms with Gasteiger partial charge in [0.05, 0.1) is 23.3 Å². The molecule has 0 saturated heterocycles. The first-order chi connectivity index (χ1) is 12.2. The number of amides is 2. The number of hydrogen-bond donors (Lipinski definition) is 2. The van der Waals surface area contributed by atoms with Gasteiger partial charge in [0.25, 0.3) is 5.91 Å². The molecule has 2 amide bonds. The number of carbonyl (C=O) groups excluding carboxylic acids is 2. The lowest BCUT2D eigenvalue weighted by Crippen LogP contribution is -2.37. The summed E-state index contributed by atoms with van der Waals surface area (Å²) in [4.78, 5) is 24.1. The lowest BCUT2D eigenvalue weighted by Gasteiger charge is -2.05. The van der Waals surface area contributed by atoms with Crippen LogP contribution in [0.3, 0.4) is 0 Å². The van der Waals surface area contributed by atoms with Crippen molar-refractivity contribution in [1.29, 1.82) is 0 Å². The molecule has 0 radical (unpaired) electrons. The molecular weight excluding hydrogens is 336 g/mol. The van der Waals surface area contributed by atoms with Gasteiger partial charge in [0.15, 0.2) is 0 Å². The normalized spacial score (nSPS) is 10.4. The van der Waals surface area contributed by atoms with E-state index in [9.17, 15) is 9.59 Å². The second kappa shape index (κ2) is 8.25. The first-order valence-electron chi connectivity index (χ1n) is 7.90. The van der Waals surface area contributed by atoms with Crippen LogP contribution >= 0.6 is 11.3 Å². The zero-order valence-corrected chi connectivity index (χ0v) is 14.3. The third-order valence-electron chi connectivity index (χ3n) is 3.55. The molecule has 2 heterocycles. The van der Waals surface area contributed by atoms with E-state index in [4.69, 9.17) is 0 Å². The molecule has 6 nitrogen and oxygen atoms in total. The highest BCUT2D eigenvalue weighted by molar-refractivity contribution is 7.12. The van der Waals surface area contributed by atoms with Gasteiger partial charge in [-0.15, -0.1) is 11.3 Å². The van der Waals surface area contributed by atoms with Crippen molar-refractivity contribution in [3.63, 3.8) is 0 Å². The Bertz CT molecular complexity index is 828. The number of hydrogen-bond acceptors (Lipinski definition) is 4. The molecule has 25 heavy (non-hydrogen) atoms. The maximum atomic E-state index is 11.8. The number of benzene rings is 1. The molecule has 2 N–H and O–H groups in total. The van der Waals surface area contributed by atoms with E-state index < -0.39 is 0 Å².